The monoisotopic (exact) mass is 201 g/mol. The Bertz CT molecular complexity index is 330. The highest BCUT2D eigenvalue weighted by molar-refractivity contribution is 5.31. The van der Waals surface area contributed by atoms with E-state index in [2.05, 4.69) is 36.2 Å². The Labute approximate surface area is 92.2 Å². The fourth-order valence-corrected chi connectivity index (χ4v) is 2.36. The van der Waals surface area contributed by atoms with Gasteiger partial charge in [0.1, 0.15) is 0 Å². The number of fused-ring (bicyclic) bond motifs is 1. The van der Waals surface area contributed by atoms with Crippen molar-refractivity contribution in [3.05, 3.63) is 48.0 Å². The minimum atomic E-state index is 0.529. The van der Waals surface area contributed by atoms with Crippen molar-refractivity contribution in [3.63, 3.8) is 0 Å². The lowest BCUT2D eigenvalue weighted by Crippen LogP contribution is -2.21. The lowest BCUT2D eigenvalue weighted by Gasteiger charge is -2.18. The Morgan fingerprint density at radius 1 is 1.33 bits per heavy atom. The number of rotatable bonds is 3. The van der Waals surface area contributed by atoms with E-state index in [0.717, 1.165) is 6.54 Å². The van der Waals surface area contributed by atoms with Crippen molar-refractivity contribution >= 4 is 0 Å². The van der Waals surface area contributed by atoms with Crippen LogP contribution in [-0.4, -0.2) is 6.54 Å². The van der Waals surface area contributed by atoms with Gasteiger partial charge in [-0.25, -0.2) is 0 Å². The van der Waals surface area contributed by atoms with E-state index >= 15 is 0 Å². The number of hydrogen-bond acceptors (Lipinski definition) is 1. The highest BCUT2D eigenvalue weighted by Crippen LogP contribution is 2.28. The topological polar surface area (TPSA) is 12.0 Å². The average molecular weight is 201 g/mol. The molecule has 1 aromatic rings. The first-order valence-electron chi connectivity index (χ1n) is 5.84. The van der Waals surface area contributed by atoms with E-state index < -0.39 is 0 Å². The van der Waals surface area contributed by atoms with Crippen LogP contribution in [0, 0.1) is 0 Å². The predicted octanol–water partition coefficient (Wildman–Crippen LogP) is 3.23. The number of nitrogens with one attached hydrogen (secondary N) is 1. The molecule has 0 bridgehead atoms. The molecule has 1 aliphatic carbocycles. The first-order chi connectivity index (χ1) is 7.42. The third kappa shape index (κ3) is 2.48. The highest BCUT2D eigenvalue weighted by atomic mass is 14.9. The summed E-state index contributed by atoms with van der Waals surface area (Å²) in [6.07, 6.45) is 7.08. The van der Waals surface area contributed by atoms with E-state index in [9.17, 15) is 0 Å². The maximum Gasteiger partial charge on any atom is 0.0325 e. The van der Waals surface area contributed by atoms with Gasteiger partial charge in [-0.15, -0.1) is 6.58 Å². The zero-order valence-corrected chi connectivity index (χ0v) is 9.21. The fraction of sp³-hybridized carbons (Fsp3) is 0.429. The summed E-state index contributed by atoms with van der Waals surface area (Å²) in [5, 5.41) is 3.55. The van der Waals surface area contributed by atoms with Crippen LogP contribution >= 0.6 is 0 Å². The van der Waals surface area contributed by atoms with Crippen molar-refractivity contribution in [2.45, 2.75) is 31.7 Å². The van der Waals surface area contributed by atoms with Gasteiger partial charge in [-0.1, -0.05) is 36.8 Å². The molecule has 1 atom stereocenters. The van der Waals surface area contributed by atoms with Crippen molar-refractivity contribution in [1.82, 2.24) is 5.32 Å². The Kier molecular flexibility index (Phi) is 3.57. The van der Waals surface area contributed by atoms with E-state index in [-0.39, 0.29) is 0 Å². The van der Waals surface area contributed by atoms with Crippen LogP contribution in [0.3, 0.4) is 0 Å². The van der Waals surface area contributed by atoms with Gasteiger partial charge < -0.3 is 5.32 Å². The van der Waals surface area contributed by atoms with Gasteiger partial charge in [-0.2, -0.15) is 0 Å². The molecule has 0 amide bonds. The van der Waals surface area contributed by atoms with E-state index in [1.54, 1.807) is 0 Å². The molecule has 2 rings (SSSR count). The van der Waals surface area contributed by atoms with Crippen LogP contribution in [0.25, 0.3) is 0 Å². The van der Waals surface area contributed by atoms with E-state index in [0.29, 0.717) is 6.04 Å². The van der Waals surface area contributed by atoms with Crippen LogP contribution in [0.2, 0.25) is 0 Å². The van der Waals surface area contributed by atoms with Gasteiger partial charge in [0.15, 0.2) is 0 Å². The molecule has 1 heteroatoms. The average Bonchev–Trinajstić information content (AvgIpc) is 2.49. The zero-order chi connectivity index (χ0) is 10.5. The van der Waals surface area contributed by atoms with Crippen molar-refractivity contribution in [1.29, 1.82) is 0 Å². The maximum atomic E-state index is 3.76. The molecule has 1 N–H and O–H groups in total. The Balaban J connectivity index is 2.20. The van der Waals surface area contributed by atoms with Crippen LogP contribution in [-0.2, 0) is 6.42 Å². The summed E-state index contributed by atoms with van der Waals surface area (Å²) in [4.78, 5) is 0. The molecule has 0 saturated carbocycles. The molecular formula is C14H19N. The summed E-state index contributed by atoms with van der Waals surface area (Å²) in [5.41, 5.74) is 3.02. The molecule has 1 nitrogen and oxygen atoms in total. The molecule has 1 aromatic carbocycles. The summed E-state index contributed by atoms with van der Waals surface area (Å²) in [6, 6.07) is 9.35. The second-order valence-electron chi connectivity index (χ2n) is 4.19. The largest absolute Gasteiger partial charge is 0.306 e. The standard InChI is InChI=1S/C14H19N/c1-2-11-15-14-10-6-4-8-12-7-3-5-9-13(12)14/h2-3,5,7,9,14-15H,1,4,6,8,10-11H2. The van der Waals surface area contributed by atoms with E-state index in [1.807, 2.05) is 6.08 Å². The van der Waals surface area contributed by atoms with E-state index in [1.165, 1.54) is 36.8 Å². The molecular weight excluding hydrogens is 182 g/mol. The molecule has 0 radical (unpaired) electrons. The molecule has 0 aliphatic heterocycles. The van der Waals surface area contributed by atoms with Crippen molar-refractivity contribution in [2.75, 3.05) is 6.54 Å². The third-order valence-corrected chi connectivity index (χ3v) is 3.13. The van der Waals surface area contributed by atoms with Gasteiger partial charge in [0.2, 0.25) is 0 Å². The summed E-state index contributed by atoms with van der Waals surface area (Å²) in [7, 11) is 0. The van der Waals surface area contributed by atoms with Crippen molar-refractivity contribution < 1.29 is 0 Å². The van der Waals surface area contributed by atoms with Crippen LogP contribution in [0.4, 0.5) is 0 Å². The first-order valence-corrected chi connectivity index (χ1v) is 5.84. The number of benzene rings is 1. The minimum Gasteiger partial charge on any atom is -0.306 e. The summed E-state index contributed by atoms with van der Waals surface area (Å²) in [6.45, 7) is 4.66. The van der Waals surface area contributed by atoms with Crippen molar-refractivity contribution in [3.8, 4) is 0 Å². The molecule has 1 unspecified atom stereocenters. The Morgan fingerprint density at radius 3 is 3.07 bits per heavy atom. The number of hydrogen-bond donors (Lipinski definition) is 1. The lowest BCUT2D eigenvalue weighted by molar-refractivity contribution is 0.514. The second-order valence-corrected chi connectivity index (χ2v) is 4.19. The SMILES string of the molecule is C=CCNC1CCCCc2ccccc21. The smallest absolute Gasteiger partial charge is 0.0325 e. The molecule has 0 spiro atoms. The third-order valence-electron chi connectivity index (χ3n) is 3.13. The highest BCUT2D eigenvalue weighted by Gasteiger charge is 2.16. The summed E-state index contributed by atoms with van der Waals surface area (Å²) in [5.74, 6) is 0. The molecule has 1 aliphatic rings. The summed E-state index contributed by atoms with van der Waals surface area (Å²) < 4.78 is 0. The van der Waals surface area contributed by atoms with Gasteiger partial charge in [0.25, 0.3) is 0 Å². The van der Waals surface area contributed by atoms with Gasteiger partial charge in [-0.05, 0) is 30.4 Å². The minimum absolute atomic E-state index is 0.529. The Hall–Kier alpha value is -1.08. The Morgan fingerprint density at radius 2 is 2.20 bits per heavy atom. The van der Waals surface area contributed by atoms with E-state index in [4.69, 9.17) is 0 Å². The van der Waals surface area contributed by atoms with Gasteiger partial charge in [0, 0.05) is 12.6 Å². The van der Waals surface area contributed by atoms with Gasteiger partial charge in [-0.3, -0.25) is 0 Å². The number of aryl methyl sites for hydroxylation is 1. The quantitative estimate of drug-likeness (QED) is 0.585. The van der Waals surface area contributed by atoms with Crippen LogP contribution < -0.4 is 5.32 Å². The molecule has 15 heavy (non-hydrogen) atoms. The zero-order valence-electron chi connectivity index (χ0n) is 9.21. The van der Waals surface area contributed by atoms with Gasteiger partial charge in [0.05, 0.1) is 0 Å². The van der Waals surface area contributed by atoms with Gasteiger partial charge >= 0.3 is 0 Å². The lowest BCUT2D eigenvalue weighted by atomic mass is 9.99. The maximum absolute atomic E-state index is 3.76. The van der Waals surface area contributed by atoms with Crippen LogP contribution in [0.15, 0.2) is 36.9 Å². The molecule has 0 saturated heterocycles. The van der Waals surface area contributed by atoms with Crippen LogP contribution in [0.5, 0.6) is 0 Å². The predicted molar refractivity (Wildman–Crippen MR) is 64.9 cm³/mol. The summed E-state index contributed by atoms with van der Waals surface area (Å²) >= 11 is 0. The normalized spacial score (nSPS) is 20.4. The fourth-order valence-electron chi connectivity index (χ4n) is 2.36. The van der Waals surface area contributed by atoms with Crippen LogP contribution in [0.1, 0.15) is 36.4 Å². The molecule has 0 fully saturated rings. The van der Waals surface area contributed by atoms with Crippen molar-refractivity contribution in [2.24, 2.45) is 0 Å². The molecule has 80 valence electrons. The second kappa shape index (κ2) is 5.13. The molecule has 0 heterocycles. The molecule has 0 aromatic heterocycles. The first kappa shape index (κ1) is 10.4.